The average molecular weight is 208 g/mol. The van der Waals surface area contributed by atoms with Crippen molar-refractivity contribution in [3.05, 3.63) is 18.0 Å². The molecule has 84 valence electrons. The molecular formula is C12H20N2O. The van der Waals surface area contributed by atoms with Crippen LogP contribution in [0, 0.1) is 5.41 Å². The van der Waals surface area contributed by atoms with E-state index in [1.54, 1.807) is 6.20 Å². The molecule has 1 saturated carbocycles. The van der Waals surface area contributed by atoms with Crippen molar-refractivity contribution in [3.63, 3.8) is 0 Å². The van der Waals surface area contributed by atoms with E-state index in [9.17, 15) is 0 Å². The molecule has 0 radical (unpaired) electrons. The standard InChI is InChI=1S/C12H20N2O/c1-12(2)7-4-3-5-11(12)13-9-10-6-8-14-15-10/h6,8,11,13H,3-5,7,9H2,1-2H3. The summed E-state index contributed by atoms with van der Waals surface area (Å²) in [6.07, 6.45) is 7.01. The van der Waals surface area contributed by atoms with Gasteiger partial charge in [0, 0.05) is 12.1 Å². The van der Waals surface area contributed by atoms with E-state index >= 15 is 0 Å². The minimum absolute atomic E-state index is 0.415. The van der Waals surface area contributed by atoms with Gasteiger partial charge in [0.25, 0.3) is 0 Å². The zero-order chi connectivity index (χ0) is 10.7. The van der Waals surface area contributed by atoms with E-state index in [2.05, 4.69) is 24.3 Å². The summed E-state index contributed by atoms with van der Waals surface area (Å²) < 4.78 is 5.08. The van der Waals surface area contributed by atoms with Gasteiger partial charge in [0.1, 0.15) is 5.76 Å². The van der Waals surface area contributed by atoms with Crippen LogP contribution in [0.3, 0.4) is 0 Å². The van der Waals surface area contributed by atoms with Crippen LogP contribution in [-0.4, -0.2) is 11.2 Å². The third-order valence-corrected chi connectivity index (χ3v) is 3.52. The van der Waals surface area contributed by atoms with Gasteiger partial charge in [-0.25, -0.2) is 0 Å². The van der Waals surface area contributed by atoms with Gasteiger partial charge in [-0.1, -0.05) is 31.8 Å². The first-order valence-electron chi connectivity index (χ1n) is 5.81. The molecule has 0 spiro atoms. The Hall–Kier alpha value is -0.830. The van der Waals surface area contributed by atoms with Crippen LogP contribution in [-0.2, 0) is 6.54 Å². The molecule has 1 atom stereocenters. The second kappa shape index (κ2) is 4.35. The van der Waals surface area contributed by atoms with Gasteiger partial charge in [0.15, 0.2) is 0 Å². The van der Waals surface area contributed by atoms with Gasteiger partial charge in [-0.15, -0.1) is 0 Å². The van der Waals surface area contributed by atoms with Crippen molar-refractivity contribution in [2.45, 2.75) is 52.1 Å². The number of hydrogen-bond donors (Lipinski definition) is 1. The molecule has 0 saturated heterocycles. The fourth-order valence-corrected chi connectivity index (χ4v) is 2.43. The Morgan fingerprint density at radius 3 is 3.07 bits per heavy atom. The molecule has 1 aliphatic rings. The lowest BCUT2D eigenvalue weighted by atomic mass is 9.73. The SMILES string of the molecule is CC1(C)CCCCC1NCc1ccno1. The minimum atomic E-state index is 0.415. The monoisotopic (exact) mass is 208 g/mol. The van der Waals surface area contributed by atoms with Gasteiger partial charge in [0.05, 0.1) is 12.7 Å². The summed E-state index contributed by atoms with van der Waals surface area (Å²) in [5.41, 5.74) is 0.415. The van der Waals surface area contributed by atoms with Crippen LogP contribution in [0.15, 0.2) is 16.8 Å². The summed E-state index contributed by atoms with van der Waals surface area (Å²) in [6.45, 7) is 5.50. The normalized spacial score (nSPS) is 25.3. The summed E-state index contributed by atoms with van der Waals surface area (Å²) in [5, 5.41) is 7.29. The largest absolute Gasteiger partial charge is 0.360 e. The molecule has 15 heavy (non-hydrogen) atoms. The van der Waals surface area contributed by atoms with Crippen molar-refractivity contribution in [2.75, 3.05) is 0 Å². The lowest BCUT2D eigenvalue weighted by Crippen LogP contribution is -2.43. The van der Waals surface area contributed by atoms with Gasteiger partial charge < -0.3 is 9.84 Å². The van der Waals surface area contributed by atoms with Crippen LogP contribution < -0.4 is 5.32 Å². The topological polar surface area (TPSA) is 38.1 Å². The molecule has 0 amide bonds. The number of nitrogens with one attached hydrogen (secondary N) is 1. The predicted octanol–water partition coefficient (Wildman–Crippen LogP) is 2.73. The maximum atomic E-state index is 5.08. The van der Waals surface area contributed by atoms with Crippen LogP contribution in [0.2, 0.25) is 0 Å². The number of hydrogen-bond acceptors (Lipinski definition) is 3. The van der Waals surface area contributed by atoms with E-state index in [4.69, 9.17) is 4.52 Å². The average Bonchev–Trinajstić information content (AvgIpc) is 2.68. The van der Waals surface area contributed by atoms with Crippen LogP contribution in [0.1, 0.15) is 45.3 Å². The van der Waals surface area contributed by atoms with Crippen molar-refractivity contribution >= 4 is 0 Å². The molecule has 3 nitrogen and oxygen atoms in total. The van der Waals surface area contributed by atoms with E-state index in [1.165, 1.54) is 25.7 Å². The first kappa shape index (κ1) is 10.7. The quantitative estimate of drug-likeness (QED) is 0.830. The summed E-state index contributed by atoms with van der Waals surface area (Å²) >= 11 is 0. The first-order valence-corrected chi connectivity index (χ1v) is 5.81. The Balaban J connectivity index is 1.88. The van der Waals surface area contributed by atoms with Gasteiger partial charge in [-0.2, -0.15) is 0 Å². The Morgan fingerprint density at radius 2 is 2.40 bits per heavy atom. The maximum Gasteiger partial charge on any atom is 0.150 e. The first-order chi connectivity index (χ1) is 7.18. The zero-order valence-corrected chi connectivity index (χ0v) is 9.62. The number of nitrogens with zero attached hydrogens (tertiary/aromatic N) is 1. The van der Waals surface area contributed by atoms with E-state index < -0.39 is 0 Å². The van der Waals surface area contributed by atoms with E-state index in [0.29, 0.717) is 11.5 Å². The summed E-state index contributed by atoms with van der Waals surface area (Å²) in [4.78, 5) is 0. The fraction of sp³-hybridized carbons (Fsp3) is 0.750. The zero-order valence-electron chi connectivity index (χ0n) is 9.62. The molecule has 1 heterocycles. The van der Waals surface area contributed by atoms with Crippen molar-refractivity contribution < 1.29 is 4.52 Å². The highest BCUT2D eigenvalue weighted by Gasteiger charge is 2.31. The van der Waals surface area contributed by atoms with Crippen LogP contribution >= 0.6 is 0 Å². The number of aromatic nitrogens is 1. The van der Waals surface area contributed by atoms with Crippen molar-refractivity contribution in [1.29, 1.82) is 0 Å². The molecule has 0 bridgehead atoms. The summed E-state index contributed by atoms with van der Waals surface area (Å²) in [7, 11) is 0. The highest BCUT2D eigenvalue weighted by Crippen LogP contribution is 2.35. The van der Waals surface area contributed by atoms with Crippen molar-refractivity contribution in [3.8, 4) is 0 Å². The lowest BCUT2D eigenvalue weighted by molar-refractivity contribution is 0.163. The molecule has 1 N–H and O–H groups in total. The molecule has 3 heteroatoms. The highest BCUT2D eigenvalue weighted by molar-refractivity contribution is 4.95. The Morgan fingerprint density at radius 1 is 1.53 bits per heavy atom. The summed E-state index contributed by atoms with van der Waals surface area (Å²) in [5.74, 6) is 0.927. The number of rotatable bonds is 3. The second-order valence-corrected chi connectivity index (χ2v) is 5.15. The molecule has 0 aliphatic heterocycles. The van der Waals surface area contributed by atoms with E-state index in [0.717, 1.165) is 12.3 Å². The smallest absolute Gasteiger partial charge is 0.150 e. The molecule has 1 aromatic rings. The Labute approximate surface area is 91.2 Å². The fourth-order valence-electron chi connectivity index (χ4n) is 2.43. The second-order valence-electron chi connectivity index (χ2n) is 5.15. The molecule has 0 aromatic carbocycles. The van der Waals surface area contributed by atoms with E-state index in [1.807, 2.05) is 6.07 Å². The highest BCUT2D eigenvalue weighted by atomic mass is 16.5. The van der Waals surface area contributed by atoms with Gasteiger partial charge in [-0.05, 0) is 18.3 Å². The molecule has 1 aliphatic carbocycles. The molecule has 1 unspecified atom stereocenters. The van der Waals surface area contributed by atoms with Crippen LogP contribution in [0.4, 0.5) is 0 Å². The predicted molar refractivity (Wildman–Crippen MR) is 59.4 cm³/mol. The van der Waals surface area contributed by atoms with Gasteiger partial charge >= 0.3 is 0 Å². The third kappa shape index (κ3) is 2.59. The Bertz CT molecular complexity index is 293. The Kier molecular flexibility index (Phi) is 3.10. The minimum Gasteiger partial charge on any atom is -0.360 e. The summed E-state index contributed by atoms with van der Waals surface area (Å²) in [6, 6.07) is 2.53. The molecular weight excluding hydrogens is 188 g/mol. The van der Waals surface area contributed by atoms with Gasteiger partial charge in [0.2, 0.25) is 0 Å². The van der Waals surface area contributed by atoms with Gasteiger partial charge in [-0.3, -0.25) is 0 Å². The molecule has 1 fully saturated rings. The third-order valence-electron chi connectivity index (χ3n) is 3.52. The molecule has 1 aromatic heterocycles. The van der Waals surface area contributed by atoms with E-state index in [-0.39, 0.29) is 0 Å². The molecule has 2 rings (SSSR count). The maximum absolute atomic E-state index is 5.08. The van der Waals surface area contributed by atoms with Crippen LogP contribution in [0.5, 0.6) is 0 Å². The van der Waals surface area contributed by atoms with Crippen LogP contribution in [0.25, 0.3) is 0 Å². The van der Waals surface area contributed by atoms with Crippen molar-refractivity contribution in [2.24, 2.45) is 5.41 Å². The lowest BCUT2D eigenvalue weighted by Gasteiger charge is -2.39. The van der Waals surface area contributed by atoms with Crippen molar-refractivity contribution in [1.82, 2.24) is 10.5 Å².